The van der Waals surface area contributed by atoms with Crippen LogP contribution in [0.5, 0.6) is 0 Å². The number of aromatic nitrogens is 2. The van der Waals surface area contributed by atoms with E-state index in [1.165, 1.54) is 0 Å². The first-order valence-corrected chi connectivity index (χ1v) is 7.54. The third kappa shape index (κ3) is 4.93. The van der Waals surface area contributed by atoms with Gasteiger partial charge in [0.05, 0.1) is 11.9 Å². The average Bonchev–Trinajstić information content (AvgIpc) is 3.07. The number of hydrogen-bond acceptors (Lipinski definition) is 4. The molecule has 1 atom stereocenters. The Hall–Kier alpha value is -1.76. The number of aryl methyl sites for hydroxylation is 1. The number of anilines is 1. The summed E-state index contributed by atoms with van der Waals surface area (Å²) in [6.45, 7) is 5.80. The summed E-state index contributed by atoms with van der Waals surface area (Å²) in [7, 11) is 1.91. The third-order valence-electron chi connectivity index (χ3n) is 3.53. The van der Waals surface area contributed by atoms with E-state index < -0.39 is 0 Å². The Morgan fingerprint density at radius 3 is 3.14 bits per heavy atom. The maximum Gasteiger partial charge on any atom is 0.315 e. The number of urea groups is 1. The van der Waals surface area contributed by atoms with Gasteiger partial charge in [0.15, 0.2) is 0 Å². The third-order valence-corrected chi connectivity index (χ3v) is 3.53. The standard InChI is InChI=1S/C14H25N5O2/c1-3-21-8-4-6-15-14(20)17-12-5-7-19(10-12)13-9-16-18(2)11-13/h9,11-12H,3-8,10H2,1-2H3,(H2,15,17,20)/t12-/m1/s1. The Kier molecular flexibility index (Phi) is 5.86. The van der Waals surface area contributed by atoms with Crippen LogP contribution in [0.3, 0.4) is 0 Å². The van der Waals surface area contributed by atoms with Gasteiger partial charge in [0.2, 0.25) is 0 Å². The highest BCUT2D eigenvalue weighted by Crippen LogP contribution is 2.18. The number of hydrogen-bond donors (Lipinski definition) is 2. The molecular weight excluding hydrogens is 270 g/mol. The van der Waals surface area contributed by atoms with Crippen molar-refractivity contribution in [1.29, 1.82) is 0 Å². The van der Waals surface area contributed by atoms with Crippen molar-refractivity contribution >= 4 is 11.7 Å². The highest BCUT2D eigenvalue weighted by atomic mass is 16.5. The molecule has 0 bridgehead atoms. The maximum atomic E-state index is 11.8. The number of ether oxygens (including phenoxy) is 1. The number of nitrogens with one attached hydrogen (secondary N) is 2. The zero-order valence-electron chi connectivity index (χ0n) is 12.8. The Labute approximate surface area is 125 Å². The van der Waals surface area contributed by atoms with E-state index >= 15 is 0 Å². The molecule has 7 nitrogen and oxygen atoms in total. The summed E-state index contributed by atoms with van der Waals surface area (Å²) in [6.07, 6.45) is 5.65. The minimum Gasteiger partial charge on any atom is -0.382 e. The van der Waals surface area contributed by atoms with Gasteiger partial charge in [0, 0.05) is 52.1 Å². The fourth-order valence-electron chi connectivity index (χ4n) is 2.44. The van der Waals surface area contributed by atoms with E-state index in [4.69, 9.17) is 4.74 Å². The molecule has 2 amide bonds. The minimum atomic E-state index is -0.0930. The molecule has 7 heteroatoms. The van der Waals surface area contributed by atoms with Crippen molar-refractivity contribution < 1.29 is 9.53 Å². The van der Waals surface area contributed by atoms with Crippen molar-refractivity contribution in [1.82, 2.24) is 20.4 Å². The summed E-state index contributed by atoms with van der Waals surface area (Å²) in [5.41, 5.74) is 1.11. The van der Waals surface area contributed by atoms with Crippen LogP contribution in [0, 0.1) is 0 Å². The molecule has 21 heavy (non-hydrogen) atoms. The zero-order chi connectivity index (χ0) is 15.1. The van der Waals surface area contributed by atoms with Crippen LogP contribution in [0.15, 0.2) is 12.4 Å². The quantitative estimate of drug-likeness (QED) is 0.727. The molecule has 2 rings (SSSR count). The van der Waals surface area contributed by atoms with Gasteiger partial charge in [-0.25, -0.2) is 4.79 Å². The van der Waals surface area contributed by atoms with E-state index in [-0.39, 0.29) is 12.1 Å². The number of carbonyl (C=O) groups excluding carboxylic acids is 1. The molecule has 2 N–H and O–H groups in total. The molecule has 0 aliphatic carbocycles. The lowest BCUT2D eigenvalue weighted by molar-refractivity contribution is 0.145. The zero-order valence-corrected chi connectivity index (χ0v) is 12.8. The van der Waals surface area contributed by atoms with E-state index in [1.807, 2.05) is 26.4 Å². The molecule has 0 unspecified atom stereocenters. The Balaban J connectivity index is 1.64. The summed E-state index contributed by atoms with van der Waals surface area (Å²) >= 11 is 0. The van der Waals surface area contributed by atoms with Gasteiger partial charge in [0.25, 0.3) is 0 Å². The van der Waals surface area contributed by atoms with Crippen LogP contribution in [-0.2, 0) is 11.8 Å². The molecule has 1 saturated heterocycles. The normalized spacial score (nSPS) is 18.0. The van der Waals surface area contributed by atoms with Crippen LogP contribution in [0.1, 0.15) is 19.8 Å². The number of rotatable bonds is 7. The largest absolute Gasteiger partial charge is 0.382 e. The number of nitrogens with zero attached hydrogens (tertiary/aromatic N) is 3. The van der Waals surface area contributed by atoms with Crippen LogP contribution in [0.2, 0.25) is 0 Å². The molecule has 1 aliphatic heterocycles. The molecule has 2 heterocycles. The molecule has 0 spiro atoms. The first-order chi connectivity index (χ1) is 10.2. The Morgan fingerprint density at radius 1 is 1.57 bits per heavy atom. The molecule has 0 aromatic carbocycles. The van der Waals surface area contributed by atoms with Gasteiger partial charge in [-0.05, 0) is 19.8 Å². The molecular formula is C14H25N5O2. The van der Waals surface area contributed by atoms with Crippen molar-refractivity contribution in [3.05, 3.63) is 12.4 Å². The predicted octanol–water partition coefficient (Wildman–Crippen LogP) is 0.725. The van der Waals surface area contributed by atoms with Crippen molar-refractivity contribution in [2.45, 2.75) is 25.8 Å². The van der Waals surface area contributed by atoms with Crippen LogP contribution >= 0.6 is 0 Å². The van der Waals surface area contributed by atoms with Gasteiger partial charge in [-0.1, -0.05) is 0 Å². The summed E-state index contributed by atoms with van der Waals surface area (Å²) in [6, 6.07) is 0.0987. The van der Waals surface area contributed by atoms with Crippen molar-refractivity contribution in [2.75, 3.05) is 37.7 Å². The summed E-state index contributed by atoms with van der Waals surface area (Å²) < 4.78 is 7.02. The fourth-order valence-corrected chi connectivity index (χ4v) is 2.44. The van der Waals surface area contributed by atoms with Crippen molar-refractivity contribution in [3.8, 4) is 0 Å². The second kappa shape index (κ2) is 7.87. The van der Waals surface area contributed by atoms with E-state index in [2.05, 4.69) is 20.6 Å². The van der Waals surface area contributed by atoms with Crippen LogP contribution < -0.4 is 15.5 Å². The van der Waals surface area contributed by atoms with E-state index in [0.717, 1.165) is 38.2 Å². The first kappa shape index (κ1) is 15.6. The first-order valence-electron chi connectivity index (χ1n) is 7.54. The van der Waals surface area contributed by atoms with Crippen LogP contribution in [0.25, 0.3) is 0 Å². The lowest BCUT2D eigenvalue weighted by Crippen LogP contribution is -2.43. The van der Waals surface area contributed by atoms with Crippen LogP contribution in [-0.4, -0.2) is 54.7 Å². The summed E-state index contributed by atoms with van der Waals surface area (Å²) in [5.74, 6) is 0. The second-order valence-electron chi connectivity index (χ2n) is 5.25. The predicted molar refractivity (Wildman–Crippen MR) is 81.5 cm³/mol. The molecule has 1 aromatic rings. The average molecular weight is 295 g/mol. The Morgan fingerprint density at radius 2 is 2.43 bits per heavy atom. The van der Waals surface area contributed by atoms with Gasteiger partial charge >= 0.3 is 6.03 Å². The summed E-state index contributed by atoms with van der Waals surface area (Å²) in [5, 5.41) is 10.1. The highest BCUT2D eigenvalue weighted by Gasteiger charge is 2.24. The molecule has 1 aliphatic rings. The molecule has 0 radical (unpaired) electrons. The lowest BCUT2D eigenvalue weighted by Gasteiger charge is -2.17. The number of carbonyl (C=O) groups is 1. The molecule has 0 saturated carbocycles. The van der Waals surface area contributed by atoms with E-state index in [0.29, 0.717) is 13.2 Å². The lowest BCUT2D eigenvalue weighted by atomic mass is 10.3. The highest BCUT2D eigenvalue weighted by molar-refractivity contribution is 5.74. The van der Waals surface area contributed by atoms with Gasteiger partial charge in [0.1, 0.15) is 0 Å². The topological polar surface area (TPSA) is 71.4 Å². The Bertz CT molecular complexity index is 448. The van der Waals surface area contributed by atoms with Gasteiger partial charge in [-0.15, -0.1) is 0 Å². The smallest absolute Gasteiger partial charge is 0.315 e. The van der Waals surface area contributed by atoms with Crippen molar-refractivity contribution in [2.24, 2.45) is 7.05 Å². The molecule has 1 fully saturated rings. The van der Waals surface area contributed by atoms with Gasteiger partial charge in [-0.3, -0.25) is 4.68 Å². The summed E-state index contributed by atoms with van der Waals surface area (Å²) in [4.78, 5) is 14.0. The second-order valence-corrected chi connectivity index (χ2v) is 5.25. The molecule has 118 valence electrons. The van der Waals surface area contributed by atoms with Gasteiger partial charge in [-0.2, -0.15) is 5.10 Å². The van der Waals surface area contributed by atoms with Crippen molar-refractivity contribution in [3.63, 3.8) is 0 Å². The van der Waals surface area contributed by atoms with Crippen LogP contribution in [0.4, 0.5) is 10.5 Å². The SMILES string of the molecule is CCOCCCNC(=O)N[C@@H]1CCN(c2cnn(C)c2)C1. The fraction of sp³-hybridized carbons (Fsp3) is 0.714. The van der Waals surface area contributed by atoms with E-state index in [9.17, 15) is 4.79 Å². The molecule has 1 aromatic heterocycles. The minimum absolute atomic E-state index is 0.0930. The number of amides is 2. The maximum absolute atomic E-state index is 11.8. The monoisotopic (exact) mass is 295 g/mol. The van der Waals surface area contributed by atoms with E-state index in [1.54, 1.807) is 4.68 Å². The van der Waals surface area contributed by atoms with Gasteiger partial charge < -0.3 is 20.3 Å².